The van der Waals surface area contributed by atoms with Gasteiger partial charge in [-0.15, -0.1) is 0 Å². The maximum absolute atomic E-state index is 4.31. The van der Waals surface area contributed by atoms with E-state index in [0.29, 0.717) is 0 Å². The van der Waals surface area contributed by atoms with Gasteiger partial charge in [0.05, 0.1) is 11.7 Å². The van der Waals surface area contributed by atoms with Gasteiger partial charge in [0.1, 0.15) is 0 Å². The number of azo groups is 1. The highest BCUT2D eigenvalue weighted by atomic mass is 15.1. The van der Waals surface area contributed by atoms with Crippen LogP contribution in [0, 0.1) is 6.92 Å². The largest absolute Gasteiger partial charge is 0.181 e. The molecule has 1 aromatic rings. The van der Waals surface area contributed by atoms with E-state index < -0.39 is 0 Å². The van der Waals surface area contributed by atoms with Gasteiger partial charge >= 0.3 is 0 Å². The van der Waals surface area contributed by atoms with E-state index in [2.05, 4.69) is 54.4 Å². The van der Waals surface area contributed by atoms with Crippen LogP contribution in [0.1, 0.15) is 18.9 Å². The fourth-order valence-corrected chi connectivity index (χ4v) is 1.55. The molecule has 0 aromatic heterocycles. The first-order valence-corrected chi connectivity index (χ1v) is 5.56. The summed E-state index contributed by atoms with van der Waals surface area (Å²) >= 11 is 0. The first kappa shape index (κ1) is 10.8. The molecule has 0 saturated carbocycles. The summed E-state index contributed by atoms with van der Waals surface area (Å²) in [5.41, 5.74) is 3.47. The third-order valence-corrected chi connectivity index (χ3v) is 2.62. The lowest BCUT2D eigenvalue weighted by Crippen LogP contribution is -2.00. The van der Waals surface area contributed by atoms with Crippen LogP contribution < -0.4 is 0 Å². The highest BCUT2D eigenvalue weighted by molar-refractivity contribution is 5.37. The second kappa shape index (κ2) is 4.88. The highest BCUT2D eigenvalue weighted by Gasteiger charge is 2.04. The number of aryl methyl sites for hydroxylation is 1. The Hall–Kier alpha value is -1.70. The number of hydrogen-bond acceptors (Lipinski definition) is 2. The Labute approximate surface area is 96.4 Å². The summed E-state index contributed by atoms with van der Waals surface area (Å²) in [6.07, 6.45) is 7.35. The van der Waals surface area contributed by atoms with Gasteiger partial charge < -0.3 is 0 Å². The minimum Gasteiger partial charge on any atom is -0.181 e. The van der Waals surface area contributed by atoms with E-state index in [1.807, 2.05) is 12.1 Å². The zero-order valence-corrected chi connectivity index (χ0v) is 9.72. The maximum Gasteiger partial charge on any atom is 0.0930 e. The van der Waals surface area contributed by atoms with Crippen molar-refractivity contribution < 1.29 is 0 Å². The number of allylic oxidation sites excluding steroid dienone is 2. The van der Waals surface area contributed by atoms with Gasteiger partial charge in [0, 0.05) is 0 Å². The first-order valence-electron chi connectivity index (χ1n) is 5.56. The van der Waals surface area contributed by atoms with Crippen LogP contribution in [0.5, 0.6) is 0 Å². The molecule has 1 aliphatic carbocycles. The molecule has 0 radical (unpaired) electrons. The molecule has 1 aromatic carbocycles. The van der Waals surface area contributed by atoms with Crippen molar-refractivity contribution >= 4 is 5.69 Å². The molecule has 82 valence electrons. The number of nitrogens with zero attached hydrogens (tertiary/aromatic N) is 2. The first-order chi connectivity index (χ1) is 7.74. The van der Waals surface area contributed by atoms with Crippen LogP contribution in [0.2, 0.25) is 0 Å². The fourth-order valence-electron chi connectivity index (χ4n) is 1.55. The monoisotopic (exact) mass is 212 g/mol. The van der Waals surface area contributed by atoms with Crippen molar-refractivity contribution in [3.05, 3.63) is 53.6 Å². The second-order valence-corrected chi connectivity index (χ2v) is 4.16. The Morgan fingerprint density at radius 1 is 1.12 bits per heavy atom. The van der Waals surface area contributed by atoms with Crippen molar-refractivity contribution in [3.63, 3.8) is 0 Å². The van der Waals surface area contributed by atoms with Crippen molar-refractivity contribution in [2.75, 3.05) is 0 Å². The van der Waals surface area contributed by atoms with Gasteiger partial charge in [0.15, 0.2) is 0 Å². The summed E-state index contributed by atoms with van der Waals surface area (Å²) < 4.78 is 0. The van der Waals surface area contributed by atoms with E-state index in [1.54, 1.807) is 0 Å². The Morgan fingerprint density at radius 2 is 1.88 bits per heavy atom. The van der Waals surface area contributed by atoms with Crippen molar-refractivity contribution in [2.45, 2.75) is 26.3 Å². The predicted octanol–water partition coefficient (Wildman–Crippen LogP) is 4.35. The third-order valence-electron chi connectivity index (χ3n) is 2.62. The Bertz CT molecular complexity index is 438. The topological polar surface area (TPSA) is 24.7 Å². The van der Waals surface area contributed by atoms with Gasteiger partial charge in [-0.05, 0) is 32.4 Å². The normalized spacial score (nSPS) is 20.1. The van der Waals surface area contributed by atoms with Crippen LogP contribution in [0.25, 0.3) is 0 Å². The zero-order chi connectivity index (χ0) is 11.4. The van der Waals surface area contributed by atoms with E-state index in [0.717, 1.165) is 12.1 Å². The molecule has 1 aliphatic rings. The molecule has 2 nitrogen and oxygen atoms in total. The molecule has 16 heavy (non-hydrogen) atoms. The second-order valence-electron chi connectivity index (χ2n) is 4.16. The maximum atomic E-state index is 4.31. The number of rotatable bonds is 2. The Morgan fingerprint density at radius 3 is 2.50 bits per heavy atom. The van der Waals surface area contributed by atoms with Crippen LogP contribution in [0.4, 0.5) is 5.69 Å². The molecule has 0 spiro atoms. The van der Waals surface area contributed by atoms with Crippen LogP contribution in [-0.2, 0) is 0 Å². The number of benzene rings is 1. The molecule has 0 amide bonds. The zero-order valence-electron chi connectivity index (χ0n) is 9.72. The van der Waals surface area contributed by atoms with E-state index in [-0.39, 0.29) is 6.04 Å². The summed E-state index contributed by atoms with van der Waals surface area (Å²) in [6, 6.07) is 8.29. The van der Waals surface area contributed by atoms with Crippen LogP contribution in [0.3, 0.4) is 0 Å². The highest BCUT2D eigenvalue weighted by Crippen LogP contribution is 2.17. The SMILES string of the molecule is CC1=CCC(/N=N/c2ccc(C)cc2)C=C1. The smallest absolute Gasteiger partial charge is 0.0930 e. The summed E-state index contributed by atoms with van der Waals surface area (Å²) in [6.45, 7) is 4.17. The molecule has 0 aliphatic heterocycles. The average Bonchev–Trinajstić information content (AvgIpc) is 2.30. The van der Waals surface area contributed by atoms with Crippen molar-refractivity contribution in [1.82, 2.24) is 0 Å². The minimum atomic E-state index is 0.199. The Kier molecular flexibility index (Phi) is 3.30. The molecule has 1 unspecified atom stereocenters. The molecule has 0 saturated heterocycles. The van der Waals surface area contributed by atoms with Gasteiger partial charge in [-0.25, -0.2) is 0 Å². The molecule has 0 bridgehead atoms. The lowest BCUT2D eigenvalue weighted by molar-refractivity contribution is 0.770. The lowest BCUT2D eigenvalue weighted by Gasteiger charge is -2.08. The van der Waals surface area contributed by atoms with Crippen LogP contribution in [0.15, 0.2) is 58.3 Å². The van der Waals surface area contributed by atoms with Gasteiger partial charge in [0.25, 0.3) is 0 Å². The molecule has 0 N–H and O–H groups in total. The van der Waals surface area contributed by atoms with Crippen LogP contribution >= 0.6 is 0 Å². The minimum absolute atomic E-state index is 0.199. The summed E-state index contributed by atoms with van der Waals surface area (Å²) in [5.74, 6) is 0. The van der Waals surface area contributed by atoms with Crippen molar-refractivity contribution in [1.29, 1.82) is 0 Å². The quantitative estimate of drug-likeness (QED) is 0.651. The third kappa shape index (κ3) is 2.89. The molecule has 0 heterocycles. The van der Waals surface area contributed by atoms with Crippen LogP contribution in [-0.4, -0.2) is 6.04 Å². The van der Waals surface area contributed by atoms with E-state index in [1.165, 1.54) is 11.1 Å². The van der Waals surface area contributed by atoms with E-state index in [4.69, 9.17) is 0 Å². The molecule has 0 fully saturated rings. The van der Waals surface area contributed by atoms with Crippen molar-refractivity contribution in [3.8, 4) is 0 Å². The molecular weight excluding hydrogens is 196 g/mol. The fraction of sp³-hybridized carbons (Fsp3) is 0.286. The molecule has 2 heteroatoms. The predicted molar refractivity (Wildman–Crippen MR) is 67.0 cm³/mol. The van der Waals surface area contributed by atoms with Crippen molar-refractivity contribution in [2.24, 2.45) is 10.2 Å². The number of hydrogen-bond donors (Lipinski definition) is 0. The van der Waals surface area contributed by atoms with Gasteiger partial charge in [0.2, 0.25) is 0 Å². The summed E-state index contributed by atoms with van der Waals surface area (Å²) in [5, 5.41) is 8.55. The van der Waals surface area contributed by atoms with E-state index in [9.17, 15) is 0 Å². The summed E-state index contributed by atoms with van der Waals surface area (Å²) in [4.78, 5) is 0. The van der Waals surface area contributed by atoms with E-state index >= 15 is 0 Å². The molecule has 2 rings (SSSR count). The molecular formula is C14H16N2. The molecule has 1 atom stereocenters. The van der Waals surface area contributed by atoms with Gasteiger partial charge in [-0.2, -0.15) is 10.2 Å². The Balaban J connectivity index is 2.00. The van der Waals surface area contributed by atoms with Gasteiger partial charge in [-0.1, -0.05) is 41.5 Å². The standard InChI is InChI=1S/C14H16N2/c1-11-3-7-13(8-4-11)15-16-14-9-5-12(2)6-10-14/h3-9,14H,10H2,1-2H3/b16-15+. The average molecular weight is 212 g/mol. The van der Waals surface area contributed by atoms with Gasteiger partial charge in [-0.3, -0.25) is 0 Å². The summed E-state index contributed by atoms with van der Waals surface area (Å²) in [7, 11) is 0. The lowest BCUT2D eigenvalue weighted by atomic mass is 10.1.